The number of amides is 2. The highest BCUT2D eigenvalue weighted by Crippen LogP contribution is 2.21. The minimum atomic E-state index is -0.467. The number of rotatable bonds is 7. The number of aryl methyl sites for hydroxylation is 1. The molecule has 0 saturated carbocycles. The van der Waals surface area contributed by atoms with Crippen LogP contribution in [-0.4, -0.2) is 32.3 Å². The molecule has 116 valence electrons. The number of benzene rings is 1. The van der Waals surface area contributed by atoms with E-state index in [0.717, 1.165) is 18.4 Å². The van der Waals surface area contributed by atoms with Gasteiger partial charge in [0.1, 0.15) is 5.75 Å². The number of likely N-dealkylation sites (N-methyl/N-ethyl adjacent to an activating group) is 1. The zero-order valence-electron chi connectivity index (χ0n) is 12.7. The van der Waals surface area contributed by atoms with Gasteiger partial charge in [0.25, 0.3) is 5.91 Å². The molecule has 0 aliphatic rings. The van der Waals surface area contributed by atoms with Gasteiger partial charge in [-0.05, 0) is 37.1 Å². The number of hydrogen-bond acceptors (Lipinski definition) is 4. The number of ether oxygens (including phenoxy) is 2. The molecule has 0 aliphatic heterocycles. The molecule has 0 bridgehead atoms. The van der Waals surface area contributed by atoms with E-state index >= 15 is 0 Å². The summed E-state index contributed by atoms with van der Waals surface area (Å²) in [7, 11) is 1.55. The van der Waals surface area contributed by atoms with Gasteiger partial charge < -0.3 is 14.8 Å². The molecule has 1 aromatic carbocycles. The molecule has 0 aromatic heterocycles. The molecule has 0 radical (unpaired) electrons. The Hall–Kier alpha value is -2.24. The van der Waals surface area contributed by atoms with Crippen molar-refractivity contribution in [1.82, 2.24) is 5.32 Å². The predicted molar refractivity (Wildman–Crippen MR) is 80.6 cm³/mol. The van der Waals surface area contributed by atoms with Crippen LogP contribution in [0.4, 0.5) is 10.5 Å². The van der Waals surface area contributed by atoms with Crippen molar-refractivity contribution in [3.63, 3.8) is 0 Å². The summed E-state index contributed by atoms with van der Waals surface area (Å²) in [5.74, 6) is 0.371. The highest BCUT2D eigenvalue weighted by atomic mass is 16.5. The first-order valence-corrected chi connectivity index (χ1v) is 6.94. The highest BCUT2D eigenvalue weighted by Gasteiger charge is 2.07. The third-order valence-electron chi connectivity index (χ3n) is 2.81. The summed E-state index contributed by atoms with van der Waals surface area (Å²) < 4.78 is 10.4. The molecule has 0 atom stereocenters. The van der Waals surface area contributed by atoms with Crippen LogP contribution in [0.5, 0.6) is 5.75 Å². The number of carbonyl (C=O) groups excluding carboxylic acids is 2. The van der Waals surface area contributed by atoms with Crippen LogP contribution in [0, 0.1) is 6.92 Å². The van der Waals surface area contributed by atoms with Gasteiger partial charge in [-0.25, -0.2) is 4.79 Å². The zero-order valence-corrected chi connectivity index (χ0v) is 12.7. The van der Waals surface area contributed by atoms with Crippen LogP contribution in [-0.2, 0) is 9.53 Å². The van der Waals surface area contributed by atoms with E-state index in [-0.39, 0.29) is 12.5 Å². The van der Waals surface area contributed by atoms with E-state index in [1.807, 2.05) is 13.8 Å². The third kappa shape index (κ3) is 6.16. The SMILES string of the molecule is CCCCOC(=O)Nc1ccc(OCC(=O)NC)cc1C. The second-order valence-electron chi connectivity index (χ2n) is 4.55. The Morgan fingerprint density at radius 2 is 2.05 bits per heavy atom. The second kappa shape index (κ2) is 8.84. The van der Waals surface area contributed by atoms with Crippen LogP contribution < -0.4 is 15.4 Å². The van der Waals surface area contributed by atoms with Crippen LogP contribution in [0.15, 0.2) is 18.2 Å². The molecule has 2 amide bonds. The molecule has 2 N–H and O–H groups in total. The van der Waals surface area contributed by atoms with Crippen LogP contribution >= 0.6 is 0 Å². The molecule has 1 aromatic rings. The lowest BCUT2D eigenvalue weighted by molar-refractivity contribution is -0.122. The average molecular weight is 294 g/mol. The normalized spacial score (nSPS) is 9.86. The van der Waals surface area contributed by atoms with Crippen LogP contribution in [0.25, 0.3) is 0 Å². The average Bonchev–Trinajstić information content (AvgIpc) is 2.47. The molecule has 0 saturated heterocycles. The number of nitrogens with one attached hydrogen (secondary N) is 2. The molecule has 0 fully saturated rings. The van der Waals surface area contributed by atoms with Crippen LogP contribution in [0.2, 0.25) is 0 Å². The van der Waals surface area contributed by atoms with Crippen molar-refractivity contribution in [2.24, 2.45) is 0 Å². The van der Waals surface area contributed by atoms with Gasteiger partial charge in [0.15, 0.2) is 6.61 Å². The summed E-state index contributed by atoms with van der Waals surface area (Å²) in [5, 5.41) is 5.15. The number of carbonyl (C=O) groups is 2. The first-order valence-electron chi connectivity index (χ1n) is 6.94. The molecule has 1 rings (SSSR count). The van der Waals surface area contributed by atoms with E-state index in [2.05, 4.69) is 10.6 Å². The third-order valence-corrected chi connectivity index (χ3v) is 2.81. The smallest absolute Gasteiger partial charge is 0.411 e. The van der Waals surface area contributed by atoms with E-state index in [9.17, 15) is 9.59 Å². The first kappa shape index (κ1) is 16.8. The van der Waals surface area contributed by atoms with Crippen molar-refractivity contribution in [2.45, 2.75) is 26.7 Å². The zero-order chi connectivity index (χ0) is 15.7. The lowest BCUT2D eigenvalue weighted by Crippen LogP contribution is -2.24. The summed E-state index contributed by atoms with van der Waals surface area (Å²) in [6, 6.07) is 5.16. The van der Waals surface area contributed by atoms with E-state index in [0.29, 0.717) is 18.0 Å². The Bertz CT molecular complexity index is 489. The van der Waals surface area contributed by atoms with Crippen molar-refractivity contribution in [2.75, 3.05) is 25.6 Å². The quantitative estimate of drug-likeness (QED) is 0.757. The van der Waals surface area contributed by atoms with Crippen LogP contribution in [0.3, 0.4) is 0 Å². The van der Waals surface area contributed by atoms with Gasteiger partial charge >= 0.3 is 6.09 Å². The van der Waals surface area contributed by atoms with Gasteiger partial charge in [-0.2, -0.15) is 0 Å². The fourth-order valence-corrected chi connectivity index (χ4v) is 1.54. The minimum Gasteiger partial charge on any atom is -0.484 e. The molecule has 21 heavy (non-hydrogen) atoms. The highest BCUT2D eigenvalue weighted by molar-refractivity contribution is 5.85. The summed E-state index contributed by atoms with van der Waals surface area (Å²) in [5.41, 5.74) is 1.49. The van der Waals surface area contributed by atoms with E-state index in [1.165, 1.54) is 0 Å². The maximum absolute atomic E-state index is 11.6. The predicted octanol–water partition coefficient (Wildman–Crippen LogP) is 2.47. The van der Waals surface area contributed by atoms with E-state index < -0.39 is 6.09 Å². The van der Waals surface area contributed by atoms with E-state index in [4.69, 9.17) is 9.47 Å². The monoisotopic (exact) mass is 294 g/mol. The topological polar surface area (TPSA) is 76.7 Å². The molecule has 6 nitrogen and oxygen atoms in total. The molecule has 6 heteroatoms. The Morgan fingerprint density at radius 3 is 2.67 bits per heavy atom. The van der Waals surface area contributed by atoms with Gasteiger partial charge in [-0.15, -0.1) is 0 Å². The minimum absolute atomic E-state index is 0.0399. The summed E-state index contributed by atoms with van der Waals surface area (Å²) in [6.07, 6.45) is 1.35. The lowest BCUT2D eigenvalue weighted by atomic mass is 10.2. The van der Waals surface area contributed by atoms with Crippen LogP contribution in [0.1, 0.15) is 25.3 Å². The van der Waals surface area contributed by atoms with Crippen molar-refractivity contribution in [1.29, 1.82) is 0 Å². The Kier molecular flexibility index (Phi) is 7.08. The van der Waals surface area contributed by atoms with Gasteiger partial charge in [0, 0.05) is 12.7 Å². The molecule has 0 unspecified atom stereocenters. The van der Waals surface area contributed by atoms with Crippen molar-refractivity contribution < 1.29 is 19.1 Å². The second-order valence-corrected chi connectivity index (χ2v) is 4.55. The van der Waals surface area contributed by atoms with Crippen molar-refractivity contribution >= 4 is 17.7 Å². The lowest BCUT2D eigenvalue weighted by Gasteiger charge is -2.11. The molecular weight excluding hydrogens is 272 g/mol. The fraction of sp³-hybridized carbons (Fsp3) is 0.467. The summed E-state index contributed by atoms with van der Waals surface area (Å²) >= 11 is 0. The maximum Gasteiger partial charge on any atom is 0.411 e. The number of hydrogen-bond donors (Lipinski definition) is 2. The molecule has 0 heterocycles. The van der Waals surface area contributed by atoms with Gasteiger partial charge in [0.05, 0.1) is 6.61 Å². The van der Waals surface area contributed by atoms with Gasteiger partial charge in [-0.3, -0.25) is 10.1 Å². The Morgan fingerprint density at radius 1 is 1.29 bits per heavy atom. The Labute approximate surface area is 124 Å². The largest absolute Gasteiger partial charge is 0.484 e. The van der Waals surface area contributed by atoms with Gasteiger partial charge in [-0.1, -0.05) is 13.3 Å². The summed E-state index contributed by atoms with van der Waals surface area (Å²) in [4.78, 5) is 22.7. The molecule has 0 spiro atoms. The summed E-state index contributed by atoms with van der Waals surface area (Å²) in [6.45, 7) is 4.24. The molecule has 0 aliphatic carbocycles. The standard InChI is InChI=1S/C15H22N2O4/c1-4-5-8-20-15(19)17-13-7-6-12(9-11(13)2)21-10-14(18)16-3/h6-7,9H,4-5,8,10H2,1-3H3,(H,16,18)(H,17,19). The fourth-order valence-electron chi connectivity index (χ4n) is 1.54. The van der Waals surface area contributed by atoms with Crippen molar-refractivity contribution in [3.8, 4) is 5.75 Å². The first-order chi connectivity index (χ1) is 10.1. The van der Waals surface area contributed by atoms with Gasteiger partial charge in [0.2, 0.25) is 0 Å². The molecular formula is C15H22N2O4. The Balaban J connectivity index is 2.53. The number of anilines is 1. The van der Waals surface area contributed by atoms with E-state index in [1.54, 1.807) is 25.2 Å². The number of unbranched alkanes of at least 4 members (excludes halogenated alkanes) is 1. The van der Waals surface area contributed by atoms with Crippen molar-refractivity contribution in [3.05, 3.63) is 23.8 Å². The maximum atomic E-state index is 11.6.